The summed E-state index contributed by atoms with van der Waals surface area (Å²) in [6.07, 6.45) is 0. The zero-order valence-electron chi connectivity index (χ0n) is 15.1. The van der Waals surface area contributed by atoms with E-state index in [9.17, 15) is 4.79 Å². The van der Waals surface area contributed by atoms with Gasteiger partial charge in [0.15, 0.2) is 11.5 Å². The van der Waals surface area contributed by atoms with E-state index in [1.54, 1.807) is 25.6 Å². The van der Waals surface area contributed by atoms with E-state index >= 15 is 0 Å². The summed E-state index contributed by atoms with van der Waals surface area (Å²) >= 11 is 0. The highest BCUT2D eigenvalue weighted by Crippen LogP contribution is 2.38. The number of methoxy groups -OCH3 is 1. The van der Waals surface area contributed by atoms with E-state index in [0.29, 0.717) is 35.3 Å². The van der Waals surface area contributed by atoms with Gasteiger partial charge < -0.3 is 19.5 Å². The highest BCUT2D eigenvalue weighted by Gasteiger charge is 2.35. The smallest absolute Gasteiger partial charge is 0.338 e. The number of tetrazole rings is 1. The third-order valence-corrected chi connectivity index (χ3v) is 4.01. The normalized spacial score (nSPS) is 15.9. The van der Waals surface area contributed by atoms with E-state index < -0.39 is 12.0 Å². The Kier molecular flexibility index (Phi) is 5.06. The highest BCUT2D eigenvalue weighted by molar-refractivity contribution is 5.92. The second-order valence-electron chi connectivity index (χ2n) is 5.58. The molecule has 0 saturated carbocycles. The maximum Gasteiger partial charge on any atom is 0.338 e. The standard InChI is InChI=1S/C17H21N5O4/c1-5-25-12-8-7-11(9-13(12)24-4)15-14(16(23)26-6-2)10(3)18-17-19-20-21-22(15)17/h7-9,15H,5-6H2,1-4H3,(H,18,19,21). The Labute approximate surface area is 150 Å². The number of carbonyl (C=O) groups excluding carboxylic acids is 1. The van der Waals surface area contributed by atoms with Gasteiger partial charge in [-0.3, -0.25) is 0 Å². The molecule has 0 radical (unpaired) electrons. The van der Waals surface area contributed by atoms with Gasteiger partial charge in [-0.25, -0.2) is 4.79 Å². The van der Waals surface area contributed by atoms with Gasteiger partial charge in [-0.05, 0) is 48.9 Å². The van der Waals surface area contributed by atoms with Crippen molar-refractivity contribution in [3.63, 3.8) is 0 Å². The maximum atomic E-state index is 12.6. The summed E-state index contributed by atoms with van der Waals surface area (Å²) in [7, 11) is 1.57. The zero-order valence-corrected chi connectivity index (χ0v) is 15.1. The number of aromatic nitrogens is 4. The number of hydrogen-bond donors (Lipinski definition) is 1. The van der Waals surface area contributed by atoms with Crippen LogP contribution in [0.25, 0.3) is 0 Å². The van der Waals surface area contributed by atoms with Crippen molar-refractivity contribution in [3.8, 4) is 11.5 Å². The molecule has 2 aromatic rings. The Morgan fingerprint density at radius 2 is 2.08 bits per heavy atom. The van der Waals surface area contributed by atoms with Crippen LogP contribution in [-0.2, 0) is 9.53 Å². The number of benzene rings is 1. The van der Waals surface area contributed by atoms with Crippen LogP contribution in [-0.4, -0.2) is 46.5 Å². The van der Waals surface area contributed by atoms with Gasteiger partial charge in [-0.1, -0.05) is 11.2 Å². The molecule has 1 N–H and O–H groups in total. The molecule has 3 rings (SSSR count). The molecule has 2 heterocycles. The van der Waals surface area contributed by atoms with E-state index in [0.717, 1.165) is 5.56 Å². The summed E-state index contributed by atoms with van der Waals surface area (Å²) in [6.45, 7) is 6.26. The summed E-state index contributed by atoms with van der Waals surface area (Å²) in [4.78, 5) is 12.6. The number of ether oxygens (including phenoxy) is 3. The average Bonchev–Trinajstić information content (AvgIpc) is 3.09. The molecule has 0 amide bonds. The number of carbonyl (C=O) groups is 1. The number of rotatable bonds is 6. The van der Waals surface area contributed by atoms with Crippen LogP contribution >= 0.6 is 0 Å². The molecule has 138 valence electrons. The predicted octanol–water partition coefficient (Wildman–Crippen LogP) is 1.93. The molecule has 9 heteroatoms. The average molecular weight is 359 g/mol. The van der Waals surface area contributed by atoms with Gasteiger partial charge in [0.25, 0.3) is 0 Å². The van der Waals surface area contributed by atoms with Crippen molar-refractivity contribution in [3.05, 3.63) is 35.0 Å². The van der Waals surface area contributed by atoms with Crippen LogP contribution in [0.2, 0.25) is 0 Å². The van der Waals surface area contributed by atoms with Crippen molar-refractivity contribution < 1.29 is 19.0 Å². The Bertz CT molecular complexity index is 845. The summed E-state index contributed by atoms with van der Waals surface area (Å²) in [5, 5.41) is 14.7. The molecule has 0 saturated heterocycles. The van der Waals surface area contributed by atoms with E-state index in [1.165, 1.54) is 0 Å². The second kappa shape index (κ2) is 7.42. The molecule has 0 aliphatic carbocycles. The van der Waals surface area contributed by atoms with Gasteiger partial charge in [0.2, 0.25) is 5.95 Å². The van der Waals surface area contributed by atoms with Crippen LogP contribution in [0.5, 0.6) is 11.5 Å². The number of allylic oxidation sites excluding steroid dienone is 1. The van der Waals surface area contributed by atoms with Crippen LogP contribution in [0.4, 0.5) is 5.95 Å². The minimum atomic E-state index is -0.537. The Balaban J connectivity index is 2.12. The van der Waals surface area contributed by atoms with Crippen molar-refractivity contribution in [1.29, 1.82) is 0 Å². The third kappa shape index (κ3) is 3.07. The minimum Gasteiger partial charge on any atom is -0.493 e. The number of nitrogens with zero attached hydrogens (tertiary/aromatic N) is 4. The third-order valence-electron chi connectivity index (χ3n) is 4.01. The first-order chi connectivity index (χ1) is 12.6. The van der Waals surface area contributed by atoms with Crippen molar-refractivity contribution >= 4 is 11.9 Å². The van der Waals surface area contributed by atoms with Crippen LogP contribution in [0, 0.1) is 0 Å². The fraction of sp³-hybridized carbons (Fsp3) is 0.412. The number of fused-ring (bicyclic) bond motifs is 1. The Morgan fingerprint density at radius 1 is 1.27 bits per heavy atom. The maximum absolute atomic E-state index is 12.6. The summed E-state index contributed by atoms with van der Waals surface area (Å²) in [6, 6.07) is 4.95. The molecule has 0 spiro atoms. The SMILES string of the molecule is CCOC(=O)C1=C(C)Nc2nnnn2C1c1ccc(OCC)c(OC)c1. The largest absolute Gasteiger partial charge is 0.493 e. The van der Waals surface area contributed by atoms with Gasteiger partial charge >= 0.3 is 5.97 Å². The fourth-order valence-corrected chi connectivity index (χ4v) is 2.92. The van der Waals surface area contributed by atoms with E-state index in [-0.39, 0.29) is 6.61 Å². The number of hydrogen-bond acceptors (Lipinski definition) is 8. The number of esters is 1. The molecule has 1 aliphatic heterocycles. The minimum absolute atomic E-state index is 0.275. The Hall–Kier alpha value is -3.10. The van der Waals surface area contributed by atoms with Gasteiger partial charge in [0.1, 0.15) is 6.04 Å². The van der Waals surface area contributed by atoms with Crippen LogP contribution in [0.1, 0.15) is 32.4 Å². The van der Waals surface area contributed by atoms with Gasteiger partial charge in [0.05, 0.1) is 25.9 Å². The first-order valence-electron chi connectivity index (χ1n) is 8.34. The molecule has 9 nitrogen and oxygen atoms in total. The molecule has 0 fully saturated rings. The molecule has 1 aliphatic rings. The quantitative estimate of drug-likeness (QED) is 0.781. The summed E-state index contributed by atoms with van der Waals surface area (Å²) < 4.78 is 17.8. The van der Waals surface area contributed by atoms with Crippen molar-refractivity contribution in [1.82, 2.24) is 20.2 Å². The molecule has 26 heavy (non-hydrogen) atoms. The van der Waals surface area contributed by atoms with Gasteiger partial charge in [0, 0.05) is 5.70 Å². The van der Waals surface area contributed by atoms with Crippen molar-refractivity contribution in [2.75, 3.05) is 25.6 Å². The van der Waals surface area contributed by atoms with E-state index in [2.05, 4.69) is 20.8 Å². The van der Waals surface area contributed by atoms with Crippen LogP contribution in [0.3, 0.4) is 0 Å². The molecule has 1 atom stereocenters. The topological polar surface area (TPSA) is 100 Å². The summed E-state index contributed by atoms with van der Waals surface area (Å²) in [5.41, 5.74) is 1.87. The lowest BCUT2D eigenvalue weighted by Gasteiger charge is -2.27. The second-order valence-corrected chi connectivity index (χ2v) is 5.58. The Morgan fingerprint density at radius 3 is 2.77 bits per heavy atom. The molecular weight excluding hydrogens is 338 g/mol. The molecule has 1 aromatic carbocycles. The van der Waals surface area contributed by atoms with Crippen LogP contribution in [0.15, 0.2) is 29.5 Å². The van der Waals surface area contributed by atoms with E-state index in [4.69, 9.17) is 14.2 Å². The number of anilines is 1. The van der Waals surface area contributed by atoms with Gasteiger partial charge in [-0.15, -0.1) is 0 Å². The lowest BCUT2D eigenvalue weighted by molar-refractivity contribution is -0.139. The first kappa shape index (κ1) is 17.7. The highest BCUT2D eigenvalue weighted by atomic mass is 16.5. The fourth-order valence-electron chi connectivity index (χ4n) is 2.92. The lowest BCUT2D eigenvalue weighted by Crippen LogP contribution is -2.29. The van der Waals surface area contributed by atoms with Crippen molar-refractivity contribution in [2.45, 2.75) is 26.8 Å². The predicted molar refractivity (Wildman–Crippen MR) is 93.1 cm³/mol. The molecule has 1 aromatic heterocycles. The zero-order chi connectivity index (χ0) is 18.7. The molecule has 0 bridgehead atoms. The first-order valence-corrected chi connectivity index (χ1v) is 8.34. The molecule has 1 unspecified atom stereocenters. The van der Waals surface area contributed by atoms with Crippen LogP contribution < -0.4 is 14.8 Å². The monoisotopic (exact) mass is 359 g/mol. The van der Waals surface area contributed by atoms with Crippen molar-refractivity contribution in [2.24, 2.45) is 0 Å². The van der Waals surface area contributed by atoms with Gasteiger partial charge in [-0.2, -0.15) is 4.68 Å². The van der Waals surface area contributed by atoms with E-state index in [1.807, 2.05) is 25.1 Å². The lowest BCUT2D eigenvalue weighted by atomic mass is 9.95. The summed E-state index contributed by atoms with van der Waals surface area (Å²) in [5.74, 6) is 1.23. The number of nitrogens with one attached hydrogen (secondary N) is 1. The molecular formula is C17H21N5O4.